The summed E-state index contributed by atoms with van der Waals surface area (Å²) < 4.78 is 11.2. The molecule has 0 atom stereocenters. The van der Waals surface area contributed by atoms with Crippen LogP contribution in [0.1, 0.15) is 28.4 Å². The van der Waals surface area contributed by atoms with Gasteiger partial charge in [0.05, 0.1) is 12.8 Å². The van der Waals surface area contributed by atoms with Crippen molar-refractivity contribution in [2.45, 2.75) is 13.5 Å². The second-order valence-corrected chi connectivity index (χ2v) is 6.52. The van der Waals surface area contributed by atoms with Gasteiger partial charge in [0.1, 0.15) is 18.1 Å². The Hall–Kier alpha value is -3.31. The van der Waals surface area contributed by atoms with E-state index in [9.17, 15) is 4.79 Å². The van der Waals surface area contributed by atoms with Gasteiger partial charge in [-0.3, -0.25) is 4.79 Å². The third-order valence-electron chi connectivity index (χ3n) is 4.02. The molecule has 0 heterocycles. The van der Waals surface area contributed by atoms with E-state index in [4.69, 9.17) is 21.1 Å². The maximum Gasteiger partial charge on any atom is 0.271 e. The maximum atomic E-state index is 12.2. The molecule has 5 nitrogen and oxygen atoms in total. The first kappa shape index (κ1) is 20.4. The van der Waals surface area contributed by atoms with Gasteiger partial charge in [-0.2, -0.15) is 5.10 Å². The van der Waals surface area contributed by atoms with E-state index in [2.05, 4.69) is 10.5 Å². The van der Waals surface area contributed by atoms with Crippen molar-refractivity contribution in [2.24, 2.45) is 5.10 Å². The zero-order valence-corrected chi connectivity index (χ0v) is 16.7. The first-order chi connectivity index (χ1) is 14.2. The quantitative estimate of drug-likeness (QED) is 0.417. The summed E-state index contributed by atoms with van der Waals surface area (Å²) in [7, 11) is 0. The van der Waals surface area contributed by atoms with Crippen molar-refractivity contribution < 1.29 is 14.3 Å². The van der Waals surface area contributed by atoms with Crippen LogP contribution in [0.25, 0.3) is 0 Å². The normalized spacial score (nSPS) is 10.7. The number of hydrogen-bond acceptors (Lipinski definition) is 4. The van der Waals surface area contributed by atoms with Crippen LogP contribution < -0.4 is 14.9 Å². The smallest absolute Gasteiger partial charge is 0.271 e. The van der Waals surface area contributed by atoms with Crippen LogP contribution in [-0.4, -0.2) is 18.7 Å². The van der Waals surface area contributed by atoms with Gasteiger partial charge in [0.2, 0.25) is 0 Å². The van der Waals surface area contributed by atoms with Gasteiger partial charge in [-0.1, -0.05) is 41.9 Å². The summed E-state index contributed by atoms with van der Waals surface area (Å²) in [6.45, 7) is 2.86. The monoisotopic (exact) mass is 408 g/mol. The van der Waals surface area contributed by atoms with E-state index in [1.54, 1.807) is 30.5 Å². The Morgan fingerprint density at radius 1 is 1.00 bits per heavy atom. The molecule has 0 aliphatic heterocycles. The minimum atomic E-state index is -0.296. The lowest BCUT2D eigenvalue weighted by Crippen LogP contribution is -2.17. The predicted molar refractivity (Wildman–Crippen MR) is 115 cm³/mol. The average molecular weight is 409 g/mol. The zero-order valence-electron chi connectivity index (χ0n) is 16.0. The molecule has 0 aliphatic rings. The molecule has 0 aromatic heterocycles. The van der Waals surface area contributed by atoms with Crippen LogP contribution in [0.2, 0.25) is 5.02 Å². The predicted octanol–water partition coefficient (Wildman–Crippen LogP) is 5.08. The average Bonchev–Trinajstić information content (AvgIpc) is 2.74. The molecular weight excluding hydrogens is 388 g/mol. The zero-order chi connectivity index (χ0) is 20.5. The van der Waals surface area contributed by atoms with Crippen molar-refractivity contribution in [3.05, 3.63) is 94.5 Å². The minimum Gasteiger partial charge on any atom is -0.494 e. The van der Waals surface area contributed by atoms with Crippen LogP contribution in [-0.2, 0) is 6.61 Å². The molecule has 148 valence electrons. The van der Waals surface area contributed by atoms with Gasteiger partial charge in [0, 0.05) is 16.1 Å². The summed E-state index contributed by atoms with van der Waals surface area (Å²) in [5.74, 6) is 1.11. The highest BCUT2D eigenvalue weighted by Crippen LogP contribution is 2.19. The topological polar surface area (TPSA) is 59.9 Å². The number of amides is 1. The van der Waals surface area contributed by atoms with E-state index in [0.717, 1.165) is 16.9 Å². The summed E-state index contributed by atoms with van der Waals surface area (Å²) in [5.41, 5.74) is 4.73. The molecule has 3 aromatic carbocycles. The van der Waals surface area contributed by atoms with Gasteiger partial charge in [-0.05, 0) is 55.0 Å². The SMILES string of the molecule is CCOc1ccc(C(=O)N/N=C/c2cccc(OCc3ccccc3Cl)c2)cc1. The summed E-state index contributed by atoms with van der Waals surface area (Å²) in [6, 6.07) is 21.9. The summed E-state index contributed by atoms with van der Waals surface area (Å²) in [4.78, 5) is 12.2. The highest BCUT2D eigenvalue weighted by molar-refractivity contribution is 6.31. The van der Waals surface area contributed by atoms with E-state index in [0.29, 0.717) is 29.5 Å². The highest BCUT2D eigenvalue weighted by Gasteiger charge is 2.04. The van der Waals surface area contributed by atoms with Crippen molar-refractivity contribution in [1.82, 2.24) is 5.43 Å². The minimum absolute atomic E-state index is 0.296. The van der Waals surface area contributed by atoms with Crippen molar-refractivity contribution in [2.75, 3.05) is 6.61 Å². The van der Waals surface area contributed by atoms with Gasteiger partial charge in [0.25, 0.3) is 5.91 Å². The lowest BCUT2D eigenvalue weighted by atomic mass is 10.2. The van der Waals surface area contributed by atoms with Gasteiger partial charge in [-0.25, -0.2) is 5.43 Å². The third kappa shape index (κ3) is 6.09. The van der Waals surface area contributed by atoms with Crippen LogP contribution in [0, 0.1) is 0 Å². The molecule has 0 radical (unpaired) electrons. The molecule has 6 heteroatoms. The fourth-order valence-corrected chi connectivity index (χ4v) is 2.75. The van der Waals surface area contributed by atoms with Crippen LogP contribution in [0.15, 0.2) is 77.9 Å². The number of hydrogen-bond donors (Lipinski definition) is 1. The van der Waals surface area contributed by atoms with Crippen molar-refractivity contribution in [3.8, 4) is 11.5 Å². The number of carbonyl (C=O) groups is 1. The van der Waals surface area contributed by atoms with Crippen molar-refractivity contribution in [1.29, 1.82) is 0 Å². The van der Waals surface area contributed by atoms with Crippen molar-refractivity contribution >= 4 is 23.7 Å². The van der Waals surface area contributed by atoms with Gasteiger partial charge >= 0.3 is 0 Å². The fourth-order valence-electron chi connectivity index (χ4n) is 2.56. The van der Waals surface area contributed by atoms with Crippen LogP contribution in [0.4, 0.5) is 0 Å². The van der Waals surface area contributed by atoms with E-state index in [1.807, 2.05) is 55.5 Å². The first-order valence-corrected chi connectivity index (χ1v) is 9.56. The molecule has 3 rings (SSSR count). The van der Waals surface area contributed by atoms with Crippen LogP contribution in [0.5, 0.6) is 11.5 Å². The Morgan fingerprint density at radius 3 is 2.55 bits per heavy atom. The Labute approximate surface area is 174 Å². The van der Waals surface area contributed by atoms with E-state index >= 15 is 0 Å². The molecule has 0 saturated carbocycles. The lowest BCUT2D eigenvalue weighted by molar-refractivity contribution is 0.0955. The second kappa shape index (κ2) is 10.3. The number of nitrogens with zero attached hydrogens (tertiary/aromatic N) is 1. The number of nitrogens with one attached hydrogen (secondary N) is 1. The molecule has 0 unspecified atom stereocenters. The van der Waals surface area contributed by atoms with E-state index in [1.165, 1.54) is 0 Å². The Bertz CT molecular complexity index is 987. The van der Waals surface area contributed by atoms with Gasteiger partial charge < -0.3 is 9.47 Å². The number of rotatable bonds is 8. The van der Waals surface area contributed by atoms with E-state index in [-0.39, 0.29) is 5.91 Å². The number of benzene rings is 3. The standard InChI is InChI=1S/C23H21ClN2O3/c1-2-28-20-12-10-18(11-13-20)23(27)26-25-15-17-6-5-8-21(14-17)29-16-19-7-3-4-9-22(19)24/h3-15H,2,16H2,1H3,(H,26,27)/b25-15+. The molecule has 3 aromatic rings. The highest BCUT2D eigenvalue weighted by atomic mass is 35.5. The van der Waals surface area contributed by atoms with Crippen LogP contribution >= 0.6 is 11.6 Å². The van der Waals surface area contributed by atoms with Gasteiger partial charge in [-0.15, -0.1) is 0 Å². The molecule has 0 spiro atoms. The molecule has 29 heavy (non-hydrogen) atoms. The first-order valence-electron chi connectivity index (χ1n) is 9.18. The number of ether oxygens (including phenoxy) is 2. The largest absolute Gasteiger partial charge is 0.494 e. The van der Waals surface area contributed by atoms with Crippen LogP contribution in [0.3, 0.4) is 0 Å². The third-order valence-corrected chi connectivity index (χ3v) is 4.39. The fraction of sp³-hybridized carbons (Fsp3) is 0.130. The summed E-state index contributed by atoms with van der Waals surface area (Å²) >= 11 is 6.15. The van der Waals surface area contributed by atoms with E-state index < -0.39 is 0 Å². The summed E-state index contributed by atoms with van der Waals surface area (Å²) in [5, 5.41) is 4.69. The molecule has 0 fully saturated rings. The second-order valence-electron chi connectivity index (χ2n) is 6.11. The molecule has 1 amide bonds. The lowest BCUT2D eigenvalue weighted by Gasteiger charge is -2.08. The maximum absolute atomic E-state index is 12.2. The summed E-state index contributed by atoms with van der Waals surface area (Å²) in [6.07, 6.45) is 1.56. The molecule has 0 bridgehead atoms. The number of halogens is 1. The Balaban J connectivity index is 1.56. The molecule has 1 N–H and O–H groups in total. The molecule has 0 saturated heterocycles. The number of hydrazone groups is 1. The number of carbonyl (C=O) groups excluding carboxylic acids is 1. The molecular formula is C23H21ClN2O3. The Morgan fingerprint density at radius 2 is 1.79 bits per heavy atom. The van der Waals surface area contributed by atoms with Crippen molar-refractivity contribution in [3.63, 3.8) is 0 Å². The molecule has 0 aliphatic carbocycles. The Kier molecular flexibility index (Phi) is 7.25. The van der Waals surface area contributed by atoms with Gasteiger partial charge in [0.15, 0.2) is 0 Å².